The summed E-state index contributed by atoms with van der Waals surface area (Å²) in [7, 11) is -0.568. The highest BCUT2D eigenvalue weighted by molar-refractivity contribution is 6.56. The number of aromatic nitrogens is 1. The Kier molecular flexibility index (Phi) is 5.47. The molecule has 7 heteroatoms. The van der Waals surface area contributed by atoms with Crippen molar-refractivity contribution >= 4 is 19.1 Å². The molecule has 130 valence electrons. The zero-order valence-corrected chi connectivity index (χ0v) is 14.9. The Morgan fingerprint density at radius 1 is 1.33 bits per heavy atom. The Morgan fingerprint density at radius 3 is 2.50 bits per heavy atom. The predicted octanol–water partition coefficient (Wildman–Crippen LogP) is 1.72. The molecule has 0 spiro atoms. The van der Waals surface area contributed by atoms with Crippen molar-refractivity contribution in [1.29, 1.82) is 0 Å². The second-order valence-corrected chi connectivity index (χ2v) is 6.96. The zero-order valence-electron chi connectivity index (χ0n) is 14.9. The van der Waals surface area contributed by atoms with Crippen molar-refractivity contribution < 1.29 is 19.2 Å². The Bertz CT molecular complexity index is 627. The molecular weight excluding hydrogens is 307 g/mol. The first-order chi connectivity index (χ1) is 11.1. The average molecular weight is 332 g/mol. The second kappa shape index (κ2) is 7.05. The van der Waals surface area contributed by atoms with Gasteiger partial charge in [0.1, 0.15) is 0 Å². The molecule has 2 rings (SSSR count). The Hall–Kier alpha value is -1.70. The maximum absolute atomic E-state index is 11.3. The Balaban J connectivity index is 2.31. The summed E-state index contributed by atoms with van der Waals surface area (Å²) in [5, 5.41) is 12.0. The summed E-state index contributed by atoms with van der Waals surface area (Å²) in [6.45, 7) is 9.63. The highest BCUT2D eigenvalue weighted by Gasteiger charge is 2.52. The molecular formula is C17H25BN2O4. The minimum atomic E-state index is -0.568. The van der Waals surface area contributed by atoms with Gasteiger partial charge in [-0.15, -0.1) is 0 Å². The van der Waals surface area contributed by atoms with Gasteiger partial charge in [-0.2, -0.15) is 0 Å². The van der Waals surface area contributed by atoms with Crippen LogP contribution in [0, 0.1) is 0 Å². The summed E-state index contributed by atoms with van der Waals surface area (Å²) in [6.07, 6.45) is 3.47. The van der Waals surface area contributed by atoms with Gasteiger partial charge in [-0.05, 0) is 56.9 Å². The lowest BCUT2D eigenvalue weighted by Gasteiger charge is -2.32. The number of hydrogen-bond acceptors (Lipinski definition) is 5. The molecule has 6 nitrogen and oxygen atoms in total. The minimum Gasteiger partial charge on any atom is -0.400 e. The van der Waals surface area contributed by atoms with E-state index in [-0.39, 0.29) is 12.5 Å². The number of rotatable bonds is 5. The van der Waals surface area contributed by atoms with E-state index < -0.39 is 18.3 Å². The highest BCUT2D eigenvalue weighted by Crippen LogP contribution is 2.38. The number of aliphatic hydroxyl groups excluding tert-OH is 1. The first kappa shape index (κ1) is 18.6. The molecule has 1 aliphatic heterocycles. The normalized spacial score (nSPS) is 19.4. The lowest BCUT2D eigenvalue weighted by Crippen LogP contribution is -2.41. The first-order valence-corrected chi connectivity index (χ1v) is 8.01. The van der Waals surface area contributed by atoms with E-state index in [1.165, 1.54) is 6.92 Å². The number of nitrogens with zero attached hydrogens (tertiary/aromatic N) is 1. The Morgan fingerprint density at radius 2 is 1.96 bits per heavy atom. The van der Waals surface area contributed by atoms with E-state index in [0.717, 1.165) is 11.0 Å². The fourth-order valence-corrected chi connectivity index (χ4v) is 2.29. The summed E-state index contributed by atoms with van der Waals surface area (Å²) >= 11 is 0. The molecule has 1 aromatic heterocycles. The van der Waals surface area contributed by atoms with Crippen LogP contribution in [0.4, 0.5) is 0 Å². The van der Waals surface area contributed by atoms with E-state index in [2.05, 4.69) is 10.3 Å². The molecule has 0 radical (unpaired) electrons. The van der Waals surface area contributed by atoms with Gasteiger partial charge in [0.25, 0.3) is 0 Å². The van der Waals surface area contributed by atoms with E-state index >= 15 is 0 Å². The van der Waals surface area contributed by atoms with E-state index in [1.807, 2.05) is 33.8 Å². The van der Waals surface area contributed by atoms with Crippen LogP contribution in [0.15, 0.2) is 23.8 Å². The average Bonchev–Trinajstić information content (AvgIpc) is 2.71. The predicted molar refractivity (Wildman–Crippen MR) is 92.9 cm³/mol. The quantitative estimate of drug-likeness (QED) is 0.803. The van der Waals surface area contributed by atoms with Gasteiger partial charge in [-0.1, -0.05) is 0 Å². The van der Waals surface area contributed by atoms with Crippen molar-refractivity contribution in [1.82, 2.24) is 10.3 Å². The lowest BCUT2D eigenvalue weighted by molar-refractivity contribution is -0.118. The number of amides is 1. The van der Waals surface area contributed by atoms with Gasteiger partial charge in [0.2, 0.25) is 5.91 Å². The fourth-order valence-electron chi connectivity index (χ4n) is 2.29. The largest absolute Gasteiger partial charge is 0.492 e. The van der Waals surface area contributed by atoms with Gasteiger partial charge in [0.15, 0.2) is 0 Å². The second-order valence-electron chi connectivity index (χ2n) is 6.96. The third-order valence-corrected chi connectivity index (χ3v) is 4.46. The van der Waals surface area contributed by atoms with Crippen LogP contribution in [0.5, 0.6) is 0 Å². The first-order valence-electron chi connectivity index (χ1n) is 8.01. The van der Waals surface area contributed by atoms with Crippen LogP contribution in [0.1, 0.15) is 45.9 Å². The van der Waals surface area contributed by atoms with Gasteiger partial charge < -0.3 is 19.7 Å². The van der Waals surface area contributed by atoms with Gasteiger partial charge in [-0.3, -0.25) is 9.78 Å². The van der Waals surface area contributed by atoms with Crippen LogP contribution in [0.25, 0.3) is 6.08 Å². The fraction of sp³-hybridized carbons (Fsp3) is 0.529. The number of aliphatic hydroxyl groups is 1. The number of nitrogens with one attached hydrogen (secondary N) is 1. The van der Waals surface area contributed by atoms with E-state index in [9.17, 15) is 9.90 Å². The summed E-state index contributed by atoms with van der Waals surface area (Å²) in [4.78, 5) is 15.6. The van der Waals surface area contributed by atoms with Crippen LogP contribution in [-0.4, -0.2) is 40.9 Å². The molecule has 24 heavy (non-hydrogen) atoms. The van der Waals surface area contributed by atoms with Gasteiger partial charge in [0.05, 0.1) is 23.5 Å². The molecule has 0 unspecified atom stereocenters. The molecule has 2 N–H and O–H groups in total. The van der Waals surface area contributed by atoms with E-state index in [1.54, 1.807) is 18.3 Å². The monoisotopic (exact) mass is 332 g/mol. The molecule has 0 atom stereocenters. The summed E-state index contributed by atoms with van der Waals surface area (Å²) in [5.41, 5.74) is 1.29. The van der Waals surface area contributed by atoms with Gasteiger partial charge in [0, 0.05) is 19.7 Å². The van der Waals surface area contributed by atoms with Crippen LogP contribution < -0.4 is 5.32 Å². The third kappa shape index (κ3) is 4.23. The van der Waals surface area contributed by atoms with Crippen molar-refractivity contribution in [2.45, 2.75) is 52.4 Å². The smallest absolute Gasteiger partial charge is 0.400 e. The van der Waals surface area contributed by atoms with E-state index in [0.29, 0.717) is 12.2 Å². The van der Waals surface area contributed by atoms with Crippen molar-refractivity contribution in [3.63, 3.8) is 0 Å². The van der Waals surface area contributed by atoms with Crippen molar-refractivity contribution in [2.24, 2.45) is 0 Å². The van der Waals surface area contributed by atoms with E-state index in [4.69, 9.17) is 9.31 Å². The number of carbonyl (C=O) groups excluding carboxylic acids is 1. The minimum absolute atomic E-state index is 0.0547. The molecule has 1 aliphatic rings. The zero-order chi connectivity index (χ0) is 18.0. The van der Waals surface area contributed by atoms with Crippen LogP contribution in [0.2, 0.25) is 0 Å². The van der Waals surface area contributed by atoms with Crippen molar-refractivity contribution in [3.8, 4) is 0 Å². The molecule has 1 amide bonds. The molecule has 1 aromatic rings. The van der Waals surface area contributed by atoms with Crippen molar-refractivity contribution in [3.05, 3.63) is 35.1 Å². The topological polar surface area (TPSA) is 80.7 Å². The third-order valence-electron chi connectivity index (χ3n) is 4.46. The van der Waals surface area contributed by atoms with Crippen LogP contribution in [-0.2, 0) is 20.7 Å². The summed E-state index contributed by atoms with van der Waals surface area (Å²) < 4.78 is 12.1. The SMILES string of the molecule is CC(=O)NCC(=Cc1cc(CO)ccn1)B1OC(C)(C)C(C)(C)O1. The van der Waals surface area contributed by atoms with Crippen LogP contribution >= 0.6 is 0 Å². The number of hydrogen-bond donors (Lipinski definition) is 2. The molecule has 0 aromatic carbocycles. The van der Waals surface area contributed by atoms with Crippen LogP contribution in [0.3, 0.4) is 0 Å². The summed E-state index contributed by atoms with van der Waals surface area (Å²) in [6, 6.07) is 3.54. The number of pyridine rings is 1. The van der Waals surface area contributed by atoms with Crippen molar-refractivity contribution in [2.75, 3.05) is 6.54 Å². The lowest BCUT2D eigenvalue weighted by atomic mass is 9.77. The maximum Gasteiger partial charge on any atom is 0.492 e. The molecule has 0 saturated carbocycles. The highest BCUT2D eigenvalue weighted by atomic mass is 16.7. The molecule has 2 heterocycles. The maximum atomic E-state index is 11.3. The Labute approximate surface area is 143 Å². The van der Waals surface area contributed by atoms with Gasteiger partial charge in [-0.25, -0.2) is 0 Å². The van der Waals surface area contributed by atoms with Gasteiger partial charge >= 0.3 is 7.12 Å². The number of carbonyl (C=O) groups is 1. The molecule has 1 saturated heterocycles. The molecule has 1 fully saturated rings. The molecule has 0 bridgehead atoms. The summed E-state index contributed by atoms with van der Waals surface area (Å²) in [5.74, 6) is -0.130. The molecule has 0 aliphatic carbocycles. The standard InChI is InChI=1S/C17H25BN2O4/c1-12(22)20-10-14(9-15-8-13(11-21)6-7-19-15)18-23-16(2,3)17(4,5)24-18/h6-9,21H,10-11H2,1-5H3,(H,20,22).